The van der Waals surface area contributed by atoms with Crippen molar-refractivity contribution < 1.29 is 0 Å². The molecular weight excluding hydrogens is 538 g/mol. The summed E-state index contributed by atoms with van der Waals surface area (Å²) in [5.74, 6) is 0. The zero-order chi connectivity index (χ0) is 29.0. The SMILES string of the molecule is c1cc(-c2cccc(-c3ccc(-n4c5ccccc5c5cnccc54)cc3)n2)cc(-n2c3ccccc3c3cnccc32)c1. The molecule has 44 heavy (non-hydrogen) atoms. The van der Waals surface area contributed by atoms with Crippen molar-refractivity contribution in [3.8, 4) is 33.9 Å². The van der Waals surface area contributed by atoms with Crippen LogP contribution in [0.3, 0.4) is 0 Å². The van der Waals surface area contributed by atoms with E-state index in [1.165, 1.54) is 16.3 Å². The van der Waals surface area contributed by atoms with Gasteiger partial charge in [-0.15, -0.1) is 0 Å². The number of aromatic nitrogens is 5. The van der Waals surface area contributed by atoms with E-state index in [4.69, 9.17) is 4.98 Å². The first-order valence-corrected chi connectivity index (χ1v) is 14.7. The highest BCUT2D eigenvalue weighted by molar-refractivity contribution is 6.09. The van der Waals surface area contributed by atoms with E-state index in [2.05, 4.69) is 146 Å². The van der Waals surface area contributed by atoms with Gasteiger partial charge in [0.2, 0.25) is 0 Å². The molecule has 0 aliphatic carbocycles. The molecule has 0 amide bonds. The Morgan fingerprint density at radius 1 is 0.386 bits per heavy atom. The van der Waals surface area contributed by atoms with Gasteiger partial charge < -0.3 is 9.13 Å². The number of hydrogen-bond acceptors (Lipinski definition) is 3. The van der Waals surface area contributed by atoms with E-state index < -0.39 is 0 Å². The molecule has 0 bridgehead atoms. The van der Waals surface area contributed by atoms with Gasteiger partial charge in [-0.25, -0.2) is 4.98 Å². The number of nitrogens with zero attached hydrogens (tertiary/aromatic N) is 5. The van der Waals surface area contributed by atoms with Crippen LogP contribution >= 0.6 is 0 Å². The summed E-state index contributed by atoms with van der Waals surface area (Å²) in [5.41, 5.74) is 10.8. The Balaban J connectivity index is 1.11. The van der Waals surface area contributed by atoms with Gasteiger partial charge in [-0.2, -0.15) is 0 Å². The third-order valence-corrected chi connectivity index (χ3v) is 8.52. The Bertz CT molecular complexity index is 2400. The van der Waals surface area contributed by atoms with E-state index in [1.807, 2.05) is 24.8 Å². The van der Waals surface area contributed by atoms with Gasteiger partial charge in [0.15, 0.2) is 0 Å². The first kappa shape index (κ1) is 24.5. The molecule has 0 unspecified atom stereocenters. The molecule has 0 saturated carbocycles. The summed E-state index contributed by atoms with van der Waals surface area (Å²) in [4.78, 5) is 13.9. The van der Waals surface area contributed by atoms with Crippen LogP contribution in [0.1, 0.15) is 0 Å². The average Bonchev–Trinajstić information content (AvgIpc) is 3.62. The average molecular weight is 564 g/mol. The van der Waals surface area contributed by atoms with Crippen molar-refractivity contribution in [3.63, 3.8) is 0 Å². The molecule has 5 aromatic heterocycles. The van der Waals surface area contributed by atoms with Crippen molar-refractivity contribution in [1.82, 2.24) is 24.1 Å². The standard InChI is InChI=1S/C39H25N5/c1-3-13-36-30(9-1)32-24-40-21-19-38(32)43(36)28-17-15-26(16-18-28)34-11-6-12-35(42-34)27-7-5-8-29(23-27)44-37-14-4-2-10-31(37)33-25-41-22-20-39(33)44/h1-25H. The molecular formula is C39H25N5. The monoisotopic (exact) mass is 563 g/mol. The molecule has 5 heterocycles. The molecule has 206 valence electrons. The van der Waals surface area contributed by atoms with Gasteiger partial charge in [0.25, 0.3) is 0 Å². The van der Waals surface area contributed by atoms with Crippen LogP contribution in [0.4, 0.5) is 0 Å². The Morgan fingerprint density at radius 2 is 0.932 bits per heavy atom. The molecule has 0 saturated heterocycles. The normalized spacial score (nSPS) is 11.6. The molecule has 0 spiro atoms. The highest BCUT2D eigenvalue weighted by Gasteiger charge is 2.14. The Morgan fingerprint density at radius 3 is 1.59 bits per heavy atom. The van der Waals surface area contributed by atoms with Gasteiger partial charge in [0, 0.05) is 68.8 Å². The number of fused-ring (bicyclic) bond motifs is 6. The van der Waals surface area contributed by atoms with Crippen LogP contribution in [0, 0.1) is 0 Å². The van der Waals surface area contributed by atoms with Gasteiger partial charge in [-0.3, -0.25) is 9.97 Å². The zero-order valence-electron chi connectivity index (χ0n) is 23.7. The zero-order valence-corrected chi connectivity index (χ0v) is 23.7. The second kappa shape index (κ2) is 9.75. The number of hydrogen-bond donors (Lipinski definition) is 0. The summed E-state index contributed by atoms with van der Waals surface area (Å²) < 4.78 is 4.61. The van der Waals surface area contributed by atoms with Crippen molar-refractivity contribution in [2.45, 2.75) is 0 Å². The second-order valence-electron chi connectivity index (χ2n) is 11.0. The molecule has 9 aromatic rings. The maximum atomic E-state index is 5.12. The topological polar surface area (TPSA) is 48.5 Å². The molecule has 4 aromatic carbocycles. The van der Waals surface area contributed by atoms with Crippen molar-refractivity contribution in [2.75, 3.05) is 0 Å². The van der Waals surface area contributed by atoms with Crippen molar-refractivity contribution in [1.29, 1.82) is 0 Å². The minimum absolute atomic E-state index is 0.936. The molecule has 5 nitrogen and oxygen atoms in total. The molecule has 5 heteroatoms. The Labute approximate surface area is 253 Å². The van der Waals surface area contributed by atoms with Gasteiger partial charge in [0.05, 0.1) is 33.5 Å². The summed E-state index contributed by atoms with van der Waals surface area (Å²) in [6, 6.07) is 44.7. The van der Waals surface area contributed by atoms with Crippen molar-refractivity contribution >= 4 is 43.6 Å². The molecule has 0 N–H and O–H groups in total. The molecule has 9 rings (SSSR count). The first-order chi connectivity index (χ1) is 21.8. The molecule has 0 aliphatic heterocycles. The van der Waals surface area contributed by atoms with Crippen LogP contribution in [-0.4, -0.2) is 24.1 Å². The number of para-hydroxylation sites is 2. The minimum Gasteiger partial charge on any atom is -0.309 e. The van der Waals surface area contributed by atoms with Gasteiger partial charge in [-0.05, 0) is 60.7 Å². The minimum atomic E-state index is 0.936. The summed E-state index contributed by atoms with van der Waals surface area (Å²) in [5, 5.41) is 4.70. The summed E-state index contributed by atoms with van der Waals surface area (Å²) >= 11 is 0. The predicted octanol–water partition coefficient (Wildman–Crippen LogP) is 9.40. The highest BCUT2D eigenvalue weighted by atomic mass is 15.0. The van der Waals surface area contributed by atoms with E-state index in [1.54, 1.807) is 0 Å². The summed E-state index contributed by atoms with van der Waals surface area (Å²) in [7, 11) is 0. The van der Waals surface area contributed by atoms with Crippen LogP contribution in [0.2, 0.25) is 0 Å². The van der Waals surface area contributed by atoms with Crippen molar-refractivity contribution in [3.05, 3.63) is 152 Å². The highest BCUT2D eigenvalue weighted by Crippen LogP contribution is 2.34. The largest absolute Gasteiger partial charge is 0.309 e. The third-order valence-electron chi connectivity index (χ3n) is 8.52. The second-order valence-corrected chi connectivity index (χ2v) is 11.0. The Kier molecular flexibility index (Phi) is 5.43. The van der Waals surface area contributed by atoms with E-state index in [-0.39, 0.29) is 0 Å². The third kappa shape index (κ3) is 3.76. The van der Waals surface area contributed by atoms with Gasteiger partial charge in [0.1, 0.15) is 0 Å². The number of rotatable bonds is 4. The van der Waals surface area contributed by atoms with Crippen LogP contribution < -0.4 is 0 Å². The van der Waals surface area contributed by atoms with Crippen LogP contribution in [0.5, 0.6) is 0 Å². The fraction of sp³-hybridized carbons (Fsp3) is 0. The van der Waals surface area contributed by atoms with Crippen LogP contribution in [0.15, 0.2) is 152 Å². The maximum absolute atomic E-state index is 5.12. The predicted molar refractivity (Wildman–Crippen MR) is 179 cm³/mol. The molecule has 0 fully saturated rings. The van der Waals surface area contributed by atoms with E-state index in [0.717, 1.165) is 61.2 Å². The fourth-order valence-corrected chi connectivity index (χ4v) is 6.53. The number of pyridine rings is 3. The fourth-order valence-electron chi connectivity index (χ4n) is 6.53. The lowest BCUT2D eigenvalue weighted by Gasteiger charge is -2.11. The summed E-state index contributed by atoms with van der Waals surface area (Å²) in [6.07, 6.45) is 7.61. The van der Waals surface area contributed by atoms with Gasteiger partial charge in [-0.1, -0.05) is 66.7 Å². The number of benzene rings is 4. The van der Waals surface area contributed by atoms with E-state index in [9.17, 15) is 0 Å². The van der Waals surface area contributed by atoms with Crippen LogP contribution in [-0.2, 0) is 0 Å². The lowest BCUT2D eigenvalue weighted by Crippen LogP contribution is -1.95. The van der Waals surface area contributed by atoms with Gasteiger partial charge >= 0.3 is 0 Å². The lowest BCUT2D eigenvalue weighted by atomic mass is 10.1. The Hall–Kier alpha value is -6.07. The maximum Gasteiger partial charge on any atom is 0.0710 e. The molecule has 0 atom stereocenters. The molecule has 0 aliphatic rings. The first-order valence-electron chi connectivity index (χ1n) is 14.7. The van der Waals surface area contributed by atoms with E-state index >= 15 is 0 Å². The van der Waals surface area contributed by atoms with E-state index in [0.29, 0.717) is 0 Å². The lowest BCUT2D eigenvalue weighted by molar-refractivity contribution is 1.17. The summed E-state index contributed by atoms with van der Waals surface area (Å²) in [6.45, 7) is 0. The molecule has 0 radical (unpaired) electrons. The quantitative estimate of drug-likeness (QED) is 0.214. The van der Waals surface area contributed by atoms with Crippen molar-refractivity contribution in [2.24, 2.45) is 0 Å². The smallest absolute Gasteiger partial charge is 0.0710 e. The van der Waals surface area contributed by atoms with Crippen LogP contribution in [0.25, 0.3) is 77.5 Å².